The fourth-order valence-electron chi connectivity index (χ4n) is 1.59. The van der Waals surface area contributed by atoms with E-state index in [9.17, 15) is 9.59 Å². The summed E-state index contributed by atoms with van der Waals surface area (Å²) in [5, 5.41) is 17.7. The van der Waals surface area contributed by atoms with Gasteiger partial charge >= 0.3 is 12.0 Å². The lowest BCUT2D eigenvalue weighted by molar-refractivity contribution is -0.135. The van der Waals surface area contributed by atoms with Crippen molar-refractivity contribution >= 4 is 17.7 Å². The fraction of sp³-hybridized carbons (Fsp3) is 0.167. The third kappa shape index (κ3) is 3.55. The lowest BCUT2D eigenvalue weighted by atomic mass is 10.3. The molecule has 0 fully saturated rings. The van der Waals surface area contributed by atoms with Gasteiger partial charge in [-0.3, -0.25) is 14.8 Å². The molecule has 0 aliphatic heterocycles. The van der Waals surface area contributed by atoms with Crippen LogP contribution in [0.25, 0.3) is 0 Å². The van der Waals surface area contributed by atoms with Crippen LogP contribution >= 0.6 is 0 Å². The van der Waals surface area contributed by atoms with Gasteiger partial charge in [0.2, 0.25) is 0 Å². The van der Waals surface area contributed by atoms with E-state index < -0.39 is 18.5 Å². The summed E-state index contributed by atoms with van der Waals surface area (Å²) < 4.78 is 0. The number of aliphatic carboxylic acids is 1. The number of amides is 2. The van der Waals surface area contributed by atoms with Crippen LogP contribution in [0.4, 0.5) is 10.5 Å². The van der Waals surface area contributed by atoms with Gasteiger partial charge in [0.15, 0.2) is 0 Å². The predicted molar refractivity (Wildman–Crippen MR) is 70.0 cm³/mol. The number of carboxylic acids is 1. The number of carboxylic acid groups (broad SMARTS) is 1. The minimum atomic E-state index is -1.09. The van der Waals surface area contributed by atoms with Crippen LogP contribution in [0.2, 0.25) is 0 Å². The van der Waals surface area contributed by atoms with Crippen LogP contribution in [0.1, 0.15) is 5.82 Å². The van der Waals surface area contributed by atoms with E-state index in [-0.39, 0.29) is 6.54 Å². The Morgan fingerprint density at radius 2 is 2.05 bits per heavy atom. The van der Waals surface area contributed by atoms with Crippen molar-refractivity contribution in [3.05, 3.63) is 42.5 Å². The molecule has 1 aromatic heterocycles. The summed E-state index contributed by atoms with van der Waals surface area (Å²) in [6.45, 7) is -0.284. The van der Waals surface area contributed by atoms with E-state index in [2.05, 4.69) is 20.5 Å². The van der Waals surface area contributed by atoms with Gasteiger partial charge in [-0.1, -0.05) is 18.2 Å². The first-order chi connectivity index (χ1) is 9.66. The molecule has 104 valence electrons. The van der Waals surface area contributed by atoms with Gasteiger partial charge in [0.25, 0.3) is 0 Å². The normalized spacial score (nSPS) is 10.0. The van der Waals surface area contributed by atoms with E-state index in [0.29, 0.717) is 11.5 Å². The fourth-order valence-corrected chi connectivity index (χ4v) is 1.59. The Labute approximate surface area is 114 Å². The largest absolute Gasteiger partial charge is 0.480 e. The van der Waals surface area contributed by atoms with Crippen LogP contribution in [0, 0.1) is 0 Å². The average molecular weight is 275 g/mol. The molecule has 1 heterocycles. The Bertz CT molecular complexity index is 570. The molecule has 0 bridgehead atoms. The summed E-state index contributed by atoms with van der Waals surface area (Å²) in [7, 11) is 0. The van der Waals surface area contributed by atoms with Crippen LogP contribution in [0.15, 0.2) is 36.7 Å². The molecule has 0 aliphatic rings. The predicted octanol–water partition coefficient (Wildman–Crippen LogP) is 0.605. The standard InChI is InChI=1S/C12H13N5O3/c18-11(19)7-17(9-4-2-1-3-5-9)12(20)13-6-10-14-8-15-16-10/h1-5,8H,6-7H2,(H,13,20)(H,18,19)(H,14,15,16). The number of carbonyl (C=O) groups excluding carboxylic acids is 1. The van der Waals surface area contributed by atoms with Gasteiger partial charge in [0.1, 0.15) is 18.7 Å². The summed E-state index contributed by atoms with van der Waals surface area (Å²) in [6.07, 6.45) is 1.33. The first kappa shape index (κ1) is 13.5. The molecule has 3 N–H and O–H groups in total. The lowest BCUT2D eigenvalue weighted by Crippen LogP contribution is -2.42. The molecule has 0 saturated carbocycles. The minimum absolute atomic E-state index is 0.141. The summed E-state index contributed by atoms with van der Waals surface area (Å²) >= 11 is 0. The van der Waals surface area contributed by atoms with Gasteiger partial charge < -0.3 is 10.4 Å². The van der Waals surface area contributed by atoms with Crippen molar-refractivity contribution in [1.82, 2.24) is 20.5 Å². The Balaban J connectivity index is 2.06. The number of benzene rings is 1. The minimum Gasteiger partial charge on any atom is -0.480 e. The number of urea groups is 1. The maximum Gasteiger partial charge on any atom is 0.323 e. The molecule has 2 rings (SSSR count). The Morgan fingerprint density at radius 3 is 2.65 bits per heavy atom. The van der Waals surface area contributed by atoms with Crippen LogP contribution in [-0.2, 0) is 11.3 Å². The van der Waals surface area contributed by atoms with E-state index in [0.717, 1.165) is 4.90 Å². The Morgan fingerprint density at radius 1 is 1.30 bits per heavy atom. The number of rotatable bonds is 5. The molecule has 2 amide bonds. The molecule has 20 heavy (non-hydrogen) atoms. The molecule has 0 radical (unpaired) electrons. The summed E-state index contributed by atoms with van der Waals surface area (Å²) in [4.78, 5) is 27.9. The van der Waals surface area contributed by atoms with E-state index in [1.165, 1.54) is 6.33 Å². The summed E-state index contributed by atoms with van der Waals surface area (Å²) in [6, 6.07) is 8.06. The summed E-state index contributed by atoms with van der Waals surface area (Å²) in [5.74, 6) is -0.606. The molecule has 0 spiro atoms. The second-order valence-corrected chi connectivity index (χ2v) is 3.91. The van der Waals surface area contributed by atoms with Crippen molar-refractivity contribution in [2.24, 2.45) is 0 Å². The highest BCUT2D eigenvalue weighted by molar-refractivity contribution is 5.96. The van der Waals surface area contributed by atoms with Crippen molar-refractivity contribution in [2.75, 3.05) is 11.4 Å². The van der Waals surface area contributed by atoms with Crippen molar-refractivity contribution in [3.63, 3.8) is 0 Å². The zero-order valence-corrected chi connectivity index (χ0v) is 10.5. The Hall–Kier alpha value is -2.90. The van der Waals surface area contributed by atoms with Crippen LogP contribution < -0.4 is 10.2 Å². The van der Waals surface area contributed by atoms with Crippen molar-refractivity contribution < 1.29 is 14.7 Å². The van der Waals surface area contributed by atoms with Crippen LogP contribution in [0.3, 0.4) is 0 Å². The number of nitrogens with one attached hydrogen (secondary N) is 2. The maximum atomic E-state index is 12.1. The van der Waals surface area contributed by atoms with Gasteiger partial charge in [-0.2, -0.15) is 5.10 Å². The van der Waals surface area contributed by atoms with E-state index in [1.54, 1.807) is 30.3 Å². The van der Waals surface area contributed by atoms with Gasteiger partial charge in [-0.05, 0) is 12.1 Å². The highest BCUT2D eigenvalue weighted by atomic mass is 16.4. The molecule has 1 aromatic carbocycles. The number of anilines is 1. The number of aromatic nitrogens is 3. The van der Waals surface area contributed by atoms with Crippen molar-refractivity contribution in [2.45, 2.75) is 6.54 Å². The Kier molecular flexibility index (Phi) is 4.28. The second kappa shape index (κ2) is 6.32. The average Bonchev–Trinajstić information content (AvgIpc) is 2.96. The highest BCUT2D eigenvalue weighted by Gasteiger charge is 2.18. The third-order valence-corrected chi connectivity index (χ3v) is 2.48. The molecule has 0 atom stereocenters. The van der Waals surface area contributed by atoms with Crippen molar-refractivity contribution in [1.29, 1.82) is 0 Å². The molecular weight excluding hydrogens is 262 g/mol. The number of hydrogen-bond acceptors (Lipinski definition) is 4. The van der Waals surface area contributed by atoms with Crippen molar-refractivity contribution in [3.8, 4) is 0 Å². The molecular formula is C12H13N5O3. The summed E-state index contributed by atoms with van der Waals surface area (Å²) in [5.41, 5.74) is 0.505. The SMILES string of the molecule is O=C(O)CN(C(=O)NCc1ncn[nH]1)c1ccccc1. The maximum absolute atomic E-state index is 12.1. The quantitative estimate of drug-likeness (QED) is 0.740. The first-order valence-corrected chi connectivity index (χ1v) is 5.83. The van der Waals surface area contributed by atoms with Gasteiger partial charge in [-0.25, -0.2) is 9.78 Å². The lowest BCUT2D eigenvalue weighted by Gasteiger charge is -2.20. The molecule has 8 nitrogen and oxygen atoms in total. The van der Waals surface area contributed by atoms with Gasteiger partial charge in [0, 0.05) is 5.69 Å². The number of nitrogens with zero attached hydrogens (tertiary/aromatic N) is 3. The first-order valence-electron chi connectivity index (χ1n) is 5.83. The van der Waals surface area contributed by atoms with E-state index in [1.807, 2.05) is 0 Å². The van der Waals surface area contributed by atoms with E-state index in [4.69, 9.17) is 5.11 Å². The number of hydrogen-bond donors (Lipinski definition) is 3. The van der Waals surface area contributed by atoms with Crippen LogP contribution in [-0.4, -0.2) is 38.8 Å². The number of carbonyl (C=O) groups is 2. The highest BCUT2D eigenvalue weighted by Crippen LogP contribution is 2.13. The molecule has 8 heteroatoms. The van der Waals surface area contributed by atoms with Gasteiger partial charge in [-0.15, -0.1) is 0 Å². The third-order valence-electron chi connectivity index (χ3n) is 2.48. The zero-order chi connectivity index (χ0) is 14.4. The molecule has 0 aliphatic carbocycles. The number of aromatic amines is 1. The monoisotopic (exact) mass is 275 g/mol. The van der Waals surface area contributed by atoms with Gasteiger partial charge in [0.05, 0.1) is 6.54 Å². The topological polar surface area (TPSA) is 111 Å². The van der Waals surface area contributed by atoms with E-state index >= 15 is 0 Å². The molecule has 0 saturated heterocycles. The number of para-hydroxylation sites is 1. The zero-order valence-electron chi connectivity index (χ0n) is 10.5. The second-order valence-electron chi connectivity index (χ2n) is 3.91. The molecule has 2 aromatic rings. The smallest absolute Gasteiger partial charge is 0.323 e. The van der Waals surface area contributed by atoms with Crippen LogP contribution in [0.5, 0.6) is 0 Å². The molecule has 0 unspecified atom stereocenters. The number of H-pyrrole nitrogens is 1.